The van der Waals surface area contributed by atoms with Crippen molar-refractivity contribution >= 4 is 27.5 Å². The van der Waals surface area contributed by atoms with Gasteiger partial charge in [-0.25, -0.2) is 8.42 Å². The van der Waals surface area contributed by atoms with Crippen molar-refractivity contribution in [2.24, 2.45) is 5.92 Å². The van der Waals surface area contributed by atoms with Crippen LogP contribution in [0.2, 0.25) is 0 Å². The standard InChI is InChI=1S/C28H38F3N3O5S/c1-6-25(27(36)32-18-20(2)3)33(19-21-12-14-24(39-4)15-13-21)26(35)11-8-16-34(40(5,37)38)23-10-7-9-22(17-23)28(29,30)31/h7,9-10,12-15,17,20,25H,6,8,11,16,18-19H2,1-5H3,(H,32,36)/t25-/m0/s1. The van der Waals surface area contributed by atoms with E-state index in [4.69, 9.17) is 4.74 Å². The lowest BCUT2D eigenvalue weighted by Crippen LogP contribution is -2.49. The fourth-order valence-electron chi connectivity index (χ4n) is 4.11. The molecule has 1 N–H and O–H groups in total. The number of amides is 2. The molecular weight excluding hydrogens is 547 g/mol. The van der Waals surface area contributed by atoms with Gasteiger partial charge in [0.25, 0.3) is 0 Å². The van der Waals surface area contributed by atoms with Gasteiger partial charge in [0.1, 0.15) is 11.8 Å². The van der Waals surface area contributed by atoms with Crippen LogP contribution in [0.5, 0.6) is 5.75 Å². The number of nitrogens with one attached hydrogen (secondary N) is 1. The number of carbonyl (C=O) groups excluding carboxylic acids is 2. The number of sulfonamides is 1. The summed E-state index contributed by atoms with van der Waals surface area (Å²) in [5.41, 5.74) is -0.344. The Morgan fingerprint density at radius 2 is 1.73 bits per heavy atom. The number of ether oxygens (including phenoxy) is 1. The maximum absolute atomic E-state index is 13.5. The minimum absolute atomic E-state index is 0.0330. The molecule has 2 rings (SSSR count). The number of anilines is 1. The van der Waals surface area contributed by atoms with Crippen LogP contribution in [0.1, 0.15) is 51.2 Å². The van der Waals surface area contributed by atoms with Crippen molar-refractivity contribution in [1.29, 1.82) is 0 Å². The van der Waals surface area contributed by atoms with E-state index in [1.807, 2.05) is 13.8 Å². The first-order valence-electron chi connectivity index (χ1n) is 13.0. The summed E-state index contributed by atoms with van der Waals surface area (Å²) >= 11 is 0. The molecule has 0 saturated heterocycles. The molecule has 222 valence electrons. The Balaban J connectivity index is 2.26. The first-order valence-corrected chi connectivity index (χ1v) is 14.9. The van der Waals surface area contributed by atoms with Crippen LogP contribution in [0.3, 0.4) is 0 Å². The topological polar surface area (TPSA) is 96.0 Å². The van der Waals surface area contributed by atoms with Crippen molar-refractivity contribution in [1.82, 2.24) is 10.2 Å². The number of hydrogen-bond donors (Lipinski definition) is 1. The van der Waals surface area contributed by atoms with Crippen LogP contribution in [0, 0.1) is 5.92 Å². The molecule has 12 heteroatoms. The first kappa shape index (κ1) is 32.9. The number of carbonyl (C=O) groups is 2. The Morgan fingerprint density at radius 1 is 1.07 bits per heavy atom. The normalized spacial score (nSPS) is 12.6. The van der Waals surface area contributed by atoms with Gasteiger partial charge in [-0.05, 0) is 54.7 Å². The van der Waals surface area contributed by atoms with Gasteiger partial charge in [0.05, 0.1) is 24.6 Å². The Labute approximate surface area is 234 Å². The second-order valence-corrected chi connectivity index (χ2v) is 11.8. The fraction of sp³-hybridized carbons (Fsp3) is 0.500. The van der Waals surface area contributed by atoms with Crippen LogP contribution >= 0.6 is 0 Å². The third-order valence-electron chi connectivity index (χ3n) is 6.20. The van der Waals surface area contributed by atoms with Crippen LogP contribution < -0.4 is 14.4 Å². The molecule has 0 aliphatic heterocycles. The molecule has 2 amide bonds. The maximum Gasteiger partial charge on any atom is 0.416 e. The summed E-state index contributed by atoms with van der Waals surface area (Å²) in [6.07, 6.45) is -3.47. The van der Waals surface area contributed by atoms with E-state index in [-0.39, 0.29) is 49.4 Å². The second-order valence-electron chi connectivity index (χ2n) is 9.92. The summed E-state index contributed by atoms with van der Waals surface area (Å²) < 4.78 is 70.6. The minimum Gasteiger partial charge on any atom is -0.497 e. The average molecular weight is 586 g/mol. The summed E-state index contributed by atoms with van der Waals surface area (Å²) in [5, 5.41) is 2.87. The molecule has 0 aromatic heterocycles. The quantitative estimate of drug-likeness (QED) is 0.342. The highest BCUT2D eigenvalue weighted by Gasteiger charge is 2.32. The van der Waals surface area contributed by atoms with Crippen LogP contribution in [0.15, 0.2) is 48.5 Å². The van der Waals surface area contributed by atoms with Gasteiger partial charge in [-0.15, -0.1) is 0 Å². The number of rotatable bonds is 14. The van der Waals surface area contributed by atoms with E-state index in [0.29, 0.717) is 18.7 Å². The first-order chi connectivity index (χ1) is 18.7. The average Bonchev–Trinajstić information content (AvgIpc) is 2.88. The number of hydrogen-bond acceptors (Lipinski definition) is 5. The van der Waals surface area contributed by atoms with Gasteiger partial charge in [0.2, 0.25) is 21.8 Å². The Bertz CT molecular complexity index is 1230. The van der Waals surface area contributed by atoms with Crippen molar-refractivity contribution < 1.29 is 35.9 Å². The lowest BCUT2D eigenvalue weighted by Gasteiger charge is -2.31. The molecule has 0 aliphatic carbocycles. The molecule has 0 unspecified atom stereocenters. The molecule has 0 heterocycles. The Kier molecular flexibility index (Phi) is 11.8. The number of benzene rings is 2. The molecule has 2 aromatic carbocycles. The number of alkyl halides is 3. The number of halogens is 3. The van der Waals surface area contributed by atoms with Crippen LogP contribution in [0.25, 0.3) is 0 Å². The van der Waals surface area contributed by atoms with Crippen molar-refractivity contribution in [3.05, 3.63) is 59.7 Å². The molecule has 40 heavy (non-hydrogen) atoms. The molecular formula is C28H38F3N3O5S. The molecule has 0 bridgehead atoms. The van der Waals surface area contributed by atoms with Gasteiger partial charge in [-0.1, -0.05) is 39.0 Å². The summed E-state index contributed by atoms with van der Waals surface area (Å²) in [5.74, 6) is 0.184. The van der Waals surface area contributed by atoms with Crippen molar-refractivity contribution in [3.8, 4) is 5.75 Å². The predicted molar refractivity (Wildman–Crippen MR) is 148 cm³/mol. The van der Waals surface area contributed by atoms with Crippen molar-refractivity contribution in [3.63, 3.8) is 0 Å². The zero-order valence-corrected chi connectivity index (χ0v) is 24.3. The van der Waals surface area contributed by atoms with Gasteiger partial charge in [-0.3, -0.25) is 13.9 Å². The summed E-state index contributed by atoms with van der Waals surface area (Å²) in [6.45, 7) is 6.09. The van der Waals surface area contributed by atoms with Gasteiger partial charge >= 0.3 is 6.18 Å². The molecule has 2 aromatic rings. The maximum atomic E-state index is 13.5. The van der Waals surface area contributed by atoms with Gasteiger partial charge in [0.15, 0.2) is 0 Å². The van der Waals surface area contributed by atoms with Crippen molar-refractivity contribution in [2.75, 3.05) is 30.8 Å². The summed E-state index contributed by atoms with van der Waals surface area (Å²) in [6, 6.07) is 10.4. The molecule has 1 atom stereocenters. The van der Waals surface area contributed by atoms with E-state index >= 15 is 0 Å². The van der Waals surface area contributed by atoms with Gasteiger partial charge in [-0.2, -0.15) is 13.2 Å². The summed E-state index contributed by atoms with van der Waals surface area (Å²) in [4.78, 5) is 28.0. The van der Waals surface area contributed by atoms with Crippen LogP contribution in [-0.2, 0) is 32.3 Å². The SMILES string of the molecule is CC[C@@H](C(=O)NCC(C)C)N(Cc1ccc(OC)cc1)C(=O)CCCN(c1cccc(C(F)(F)F)c1)S(C)(=O)=O. The Hall–Kier alpha value is -3.28. The number of nitrogens with zero attached hydrogens (tertiary/aromatic N) is 2. The largest absolute Gasteiger partial charge is 0.497 e. The van der Waals surface area contributed by atoms with E-state index in [0.717, 1.165) is 34.3 Å². The smallest absolute Gasteiger partial charge is 0.416 e. The van der Waals surface area contributed by atoms with E-state index < -0.39 is 27.8 Å². The monoisotopic (exact) mass is 585 g/mol. The second kappa shape index (κ2) is 14.4. The zero-order valence-electron chi connectivity index (χ0n) is 23.5. The van der Waals surface area contributed by atoms with Gasteiger partial charge in [0, 0.05) is 26.1 Å². The lowest BCUT2D eigenvalue weighted by molar-refractivity contribution is -0.141. The number of methoxy groups -OCH3 is 1. The molecule has 0 radical (unpaired) electrons. The fourth-order valence-corrected chi connectivity index (χ4v) is 5.07. The summed E-state index contributed by atoms with van der Waals surface area (Å²) in [7, 11) is -2.40. The molecule has 0 fully saturated rings. The third-order valence-corrected chi connectivity index (χ3v) is 7.39. The molecule has 0 aliphatic rings. The Morgan fingerprint density at radius 3 is 2.25 bits per heavy atom. The van der Waals surface area contributed by atoms with Crippen molar-refractivity contribution in [2.45, 2.75) is 58.8 Å². The molecule has 0 saturated carbocycles. The van der Waals surface area contributed by atoms with Crippen LogP contribution in [0.4, 0.5) is 18.9 Å². The highest BCUT2D eigenvalue weighted by molar-refractivity contribution is 7.92. The van der Waals surface area contributed by atoms with E-state index in [2.05, 4.69) is 5.32 Å². The van der Waals surface area contributed by atoms with E-state index in [1.54, 1.807) is 31.2 Å². The lowest BCUT2D eigenvalue weighted by atomic mass is 10.1. The van der Waals surface area contributed by atoms with E-state index in [9.17, 15) is 31.2 Å². The highest BCUT2D eigenvalue weighted by Crippen LogP contribution is 2.32. The minimum atomic E-state index is -4.64. The molecule has 0 spiro atoms. The van der Waals surface area contributed by atoms with Gasteiger partial charge < -0.3 is 15.0 Å². The van der Waals surface area contributed by atoms with E-state index in [1.165, 1.54) is 18.1 Å². The van der Waals surface area contributed by atoms with Crippen LogP contribution in [-0.4, -0.2) is 57.6 Å². The third kappa shape index (κ3) is 9.72. The zero-order chi connectivity index (χ0) is 30.1. The predicted octanol–water partition coefficient (Wildman–Crippen LogP) is 4.84. The molecule has 8 nitrogen and oxygen atoms in total. The highest BCUT2D eigenvalue weighted by atomic mass is 32.2.